The highest BCUT2D eigenvalue weighted by atomic mass is 32.2. The van der Waals surface area contributed by atoms with Crippen LogP contribution >= 0.6 is 0 Å². The Morgan fingerprint density at radius 3 is 2.24 bits per heavy atom. The normalized spacial score (nSPS) is 20.1. The van der Waals surface area contributed by atoms with Crippen molar-refractivity contribution < 1.29 is 18.0 Å². The maximum Gasteiger partial charge on any atom is 0.253 e. The Morgan fingerprint density at radius 2 is 1.59 bits per heavy atom. The van der Waals surface area contributed by atoms with E-state index in [4.69, 9.17) is 0 Å². The molecule has 4 rings (SSSR count). The summed E-state index contributed by atoms with van der Waals surface area (Å²) in [5, 5.41) is 2.99. The number of sulfonamides is 1. The highest BCUT2D eigenvalue weighted by molar-refractivity contribution is 7.89. The Hall–Kier alpha value is -2.71. The molecule has 2 amide bonds. The van der Waals surface area contributed by atoms with E-state index in [0.717, 1.165) is 24.8 Å². The fourth-order valence-electron chi connectivity index (χ4n) is 4.79. The minimum absolute atomic E-state index is 0.00810. The second kappa shape index (κ2) is 10.7. The molecule has 0 radical (unpaired) electrons. The number of nitrogens with zero attached hydrogens (tertiary/aromatic N) is 2. The van der Waals surface area contributed by atoms with E-state index < -0.39 is 10.0 Å². The molecule has 0 saturated carbocycles. The first-order valence-electron chi connectivity index (χ1n) is 12.1. The molecular formula is C26H33N3O4S. The van der Waals surface area contributed by atoms with Gasteiger partial charge in [-0.15, -0.1) is 0 Å². The quantitative estimate of drug-likeness (QED) is 0.682. The molecule has 2 heterocycles. The van der Waals surface area contributed by atoms with Crippen LogP contribution in [0.1, 0.15) is 54.9 Å². The molecule has 7 nitrogen and oxygen atoms in total. The number of benzene rings is 2. The predicted octanol–water partition coefficient (Wildman–Crippen LogP) is 3.42. The molecular weight excluding hydrogens is 450 g/mol. The fourth-order valence-corrected chi connectivity index (χ4v) is 6.49. The van der Waals surface area contributed by atoms with Crippen molar-refractivity contribution in [1.82, 2.24) is 14.5 Å². The number of rotatable bonds is 6. The Kier molecular flexibility index (Phi) is 7.68. The van der Waals surface area contributed by atoms with Gasteiger partial charge in [-0.2, -0.15) is 4.31 Å². The molecule has 34 heavy (non-hydrogen) atoms. The van der Waals surface area contributed by atoms with Crippen molar-refractivity contribution in [3.05, 3.63) is 65.7 Å². The average Bonchev–Trinajstić information content (AvgIpc) is 2.88. The van der Waals surface area contributed by atoms with E-state index in [1.165, 1.54) is 12.1 Å². The molecule has 2 fully saturated rings. The smallest absolute Gasteiger partial charge is 0.253 e. The third-order valence-electron chi connectivity index (χ3n) is 6.91. The zero-order chi connectivity index (χ0) is 24.1. The van der Waals surface area contributed by atoms with Gasteiger partial charge in [0.15, 0.2) is 0 Å². The summed E-state index contributed by atoms with van der Waals surface area (Å²) in [7, 11) is -3.56. The molecule has 2 aliphatic rings. The monoisotopic (exact) mass is 483 g/mol. The first kappa shape index (κ1) is 24.4. The Morgan fingerprint density at radius 1 is 0.912 bits per heavy atom. The third-order valence-corrected chi connectivity index (χ3v) is 8.94. The van der Waals surface area contributed by atoms with E-state index in [-0.39, 0.29) is 28.7 Å². The van der Waals surface area contributed by atoms with Crippen LogP contribution in [-0.4, -0.2) is 55.1 Å². The molecule has 0 bridgehead atoms. The number of nitrogens with one attached hydrogen (secondary N) is 1. The van der Waals surface area contributed by atoms with Crippen LogP contribution in [0.3, 0.4) is 0 Å². The molecule has 1 atom stereocenters. The number of hydrogen-bond acceptors (Lipinski definition) is 4. The molecule has 2 saturated heterocycles. The molecule has 0 spiro atoms. The number of amides is 2. The molecule has 0 aromatic heterocycles. The highest BCUT2D eigenvalue weighted by Gasteiger charge is 2.32. The summed E-state index contributed by atoms with van der Waals surface area (Å²) in [5.74, 6) is -0.206. The zero-order valence-corrected chi connectivity index (χ0v) is 20.5. The van der Waals surface area contributed by atoms with Crippen LogP contribution in [0, 0.1) is 5.92 Å². The predicted molar refractivity (Wildman–Crippen MR) is 131 cm³/mol. The van der Waals surface area contributed by atoms with Gasteiger partial charge in [-0.1, -0.05) is 36.8 Å². The van der Waals surface area contributed by atoms with Gasteiger partial charge < -0.3 is 10.2 Å². The summed E-state index contributed by atoms with van der Waals surface area (Å²) in [4.78, 5) is 27.5. The summed E-state index contributed by atoms with van der Waals surface area (Å²) >= 11 is 0. The lowest BCUT2D eigenvalue weighted by atomic mass is 9.95. The molecule has 2 aromatic carbocycles. The maximum absolute atomic E-state index is 13.0. The van der Waals surface area contributed by atoms with Crippen LogP contribution in [-0.2, 0) is 21.4 Å². The lowest BCUT2D eigenvalue weighted by molar-refractivity contribution is -0.126. The topological polar surface area (TPSA) is 86.8 Å². The minimum atomic E-state index is -3.56. The van der Waals surface area contributed by atoms with E-state index in [0.29, 0.717) is 44.6 Å². The number of piperidine rings is 2. The minimum Gasteiger partial charge on any atom is -0.352 e. The number of likely N-dealkylation sites (tertiary alicyclic amines) is 1. The van der Waals surface area contributed by atoms with E-state index in [1.54, 1.807) is 21.3 Å². The number of hydrogen-bond donors (Lipinski definition) is 1. The van der Waals surface area contributed by atoms with Crippen LogP contribution in [0.5, 0.6) is 0 Å². The summed E-state index contributed by atoms with van der Waals surface area (Å²) in [6.45, 7) is 4.00. The molecule has 2 aliphatic heterocycles. The second-order valence-electron chi connectivity index (χ2n) is 9.25. The molecule has 1 N–H and O–H groups in total. The largest absolute Gasteiger partial charge is 0.352 e. The summed E-state index contributed by atoms with van der Waals surface area (Å²) < 4.78 is 27.6. The third kappa shape index (κ3) is 5.50. The van der Waals surface area contributed by atoms with Gasteiger partial charge in [0, 0.05) is 43.7 Å². The number of carbonyl (C=O) groups is 2. The summed E-state index contributed by atoms with van der Waals surface area (Å²) in [6.07, 6.45) is 4.03. The molecule has 8 heteroatoms. The van der Waals surface area contributed by atoms with E-state index in [1.807, 2.05) is 37.3 Å². The van der Waals surface area contributed by atoms with Crippen molar-refractivity contribution in [2.45, 2.75) is 56.5 Å². The Bertz CT molecular complexity index is 1090. The van der Waals surface area contributed by atoms with Gasteiger partial charge in [-0.05, 0) is 62.4 Å². The van der Waals surface area contributed by atoms with E-state index in [9.17, 15) is 18.0 Å². The summed E-state index contributed by atoms with van der Waals surface area (Å²) in [5.41, 5.74) is 1.53. The van der Waals surface area contributed by atoms with Crippen LogP contribution in [0.15, 0.2) is 59.5 Å². The van der Waals surface area contributed by atoms with Gasteiger partial charge in [0.2, 0.25) is 15.9 Å². The van der Waals surface area contributed by atoms with Gasteiger partial charge in [0.25, 0.3) is 5.91 Å². The van der Waals surface area contributed by atoms with Crippen molar-refractivity contribution in [1.29, 1.82) is 0 Å². The lowest BCUT2D eigenvalue weighted by Crippen LogP contribution is -2.43. The van der Waals surface area contributed by atoms with Gasteiger partial charge in [-0.3, -0.25) is 9.59 Å². The second-order valence-corrected chi connectivity index (χ2v) is 11.1. The Balaban J connectivity index is 1.31. The standard InChI is InChI=1S/C26H33N3O4S/c1-20-7-5-6-16-29(20)34(32,33)24-12-10-23(11-13-24)26(31)28-17-14-22(15-18-28)25(30)27-19-21-8-3-2-4-9-21/h2-4,8-13,20,22H,5-7,14-19H2,1H3,(H,27,30). The van der Waals surface area contributed by atoms with Gasteiger partial charge in [0.05, 0.1) is 4.90 Å². The van der Waals surface area contributed by atoms with E-state index >= 15 is 0 Å². The van der Waals surface area contributed by atoms with Gasteiger partial charge >= 0.3 is 0 Å². The first-order valence-corrected chi connectivity index (χ1v) is 13.5. The van der Waals surface area contributed by atoms with Crippen molar-refractivity contribution in [3.8, 4) is 0 Å². The van der Waals surface area contributed by atoms with Crippen LogP contribution in [0.25, 0.3) is 0 Å². The fraction of sp³-hybridized carbons (Fsp3) is 0.462. The molecule has 1 unspecified atom stereocenters. The van der Waals surface area contributed by atoms with Crippen molar-refractivity contribution >= 4 is 21.8 Å². The number of carbonyl (C=O) groups excluding carboxylic acids is 2. The van der Waals surface area contributed by atoms with Gasteiger partial charge in [0.1, 0.15) is 0 Å². The van der Waals surface area contributed by atoms with Gasteiger partial charge in [-0.25, -0.2) is 8.42 Å². The van der Waals surface area contributed by atoms with Crippen molar-refractivity contribution in [3.63, 3.8) is 0 Å². The maximum atomic E-state index is 13.0. The van der Waals surface area contributed by atoms with Crippen LogP contribution in [0.4, 0.5) is 0 Å². The zero-order valence-electron chi connectivity index (χ0n) is 19.7. The highest BCUT2D eigenvalue weighted by Crippen LogP contribution is 2.26. The van der Waals surface area contributed by atoms with E-state index in [2.05, 4.69) is 5.32 Å². The lowest BCUT2D eigenvalue weighted by Gasteiger charge is -2.32. The molecule has 182 valence electrons. The Labute approximate surface area is 202 Å². The van der Waals surface area contributed by atoms with Crippen LogP contribution in [0.2, 0.25) is 0 Å². The first-order chi connectivity index (χ1) is 16.4. The summed E-state index contributed by atoms with van der Waals surface area (Å²) in [6, 6.07) is 16.1. The molecule has 2 aromatic rings. The van der Waals surface area contributed by atoms with Crippen molar-refractivity contribution in [2.75, 3.05) is 19.6 Å². The molecule has 0 aliphatic carbocycles. The average molecular weight is 484 g/mol. The van der Waals surface area contributed by atoms with Crippen LogP contribution < -0.4 is 5.32 Å². The SMILES string of the molecule is CC1CCCCN1S(=O)(=O)c1ccc(C(=O)N2CCC(C(=O)NCc3ccccc3)CC2)cc1. The van der Waals surface area contributed by atoms with Crippen molar-refractivity contribution in [2.24, 2.45) is 5.92 Å².